The Morgan fingerprint density at radius 1 is 1.44 bits per heavy atom. The zero-order valence-electron chi connectivity index (χ0n) is 9.82. The molecule has 2 unspecified atom stereocenters. The predicted molar refractivity (Wildman–Crippen MR) is 69.4 cm³/mol. The van der Waals surface area contributed by atoms with Crippen LogP contribution in [0.5, 0.6) is 0 Å². The molecule has 0 radical (unpaired) electrons. The largest absolute Gasteiger partial charge is 0.377 e. The van der Waals surface area contributed by atoms with Crippen molar-refractivity contribution in [1.29, 1.82) is 0 Å². The van der Waals surface area contributed by atoms with Gasteiger partial charge >= 0.3 is 0 Å². The molecular formula is C13H18BrNO. The Balaban J connectivity index is 2.02. The smallest absolute Gasteiger partial charge is 0.0703 e. The zero-order valence-corrected chi connectivity index (χ0v) is 11.4. The van der Waals surface area contributed by atoms with Crippen molar-refractivity contribution in [2.24, 2.45) is 0 Å². The van der Waals surface area contributed by atoms with Crippen molar-refractivity contribution >= 4 is 15.9 Å². The molecule has 1 aliphatic heterocycles. The van der Waals surface area contributed by atoms with Crippen LogP contribution in [0.3, 0.4) is 0 Å². The second-order valence-electron chi connectivity index (χ2n) is 4.44. The molecule has 2 rings (SSSR count). The van der Waals surface area contributed by atoms with Gasteiger partial charge in [0.1, 0.15) is 0 Å². The predicted octanol–water partition coefficient (Wildman–Crippen LogP) is 3.06. The topological polar surface area (TPSA) is 12.5 Å². The third kappa shape index (κ3) is 2.65. The fourth-order valence-electron chi connectivity index (χ4n) is 2.31. The molecule has 0 aromatic heterocycles. The highest BCUT2D eigenvalue weighted by Gasteiger charge is 2.27. The van der Waals surface area contributed by atoms with Gasteiger partial charge < -0.3 is 4.74 Å². The molecule has 0 spiro atoms. The van der Waals surface area contributed by atoms with Crippen LogP contribution in [-0.4, -0.2) is 30.7 Å². The van der Waals surface area contributed by atoms with Crippen molar-refractivity contribution in [3.63, 3.8) is 0 Å². The average molecular weight is 284 g/mol. The molecule has 16 heavy (non-hydrogen) atoms. The number of likely N-dealkylation sites (N-methyl/N-ethyl adjacent to an activating group) is 1. The molecule has 3 heteroatoms. The number of halogens is 1. The maximum atomic E-state index is 5.60. The van der Waals surface area contributed by atoms with Crippen LogP contribution in [0.25, 0.3) is 0 Å². The molecule has 0 saturated carbocycles. The van der Waals surface area contributed by atoms with Gasteiger partial charge in [0, 0.05) is 23.7 Å². The van der Waals surface area contributed by atoms with Crippen LogP contribution in [-0.2, 0) is 11.3 Å². The summed E-state index contributed by atoms with van der Waals surface area (Å²) in [5.41, 5.74) is 1.34. The molecule has 0 bridgehead atoms. The van der Waals surface area contributed by atoms with Crippen LogP contribution in [0, 0.1) is 0 Å². The number of hydrogen-bond acceptors (Lipinski definition) is 2. The first-order valence-electron chi connectivity index (χ1n) is 5.73. The van der Waals surface area contributed by atoms with E-state index in [0.717, 1.165) is 19.6 Å². The van der Waals surface area contributed by atoms with Crippen LogP contribution in [0.4, 0.5) is 0 Å². The van der Waals surface area contributed by atoms with Crippen molar-refractivity contribution in [3.05, 3.63) is 34.3 Å². The summed E-state index contributed by atoms with van der Waals surface area (Å²) in [6.45, 7) is 4.03. The van der Waals surface area contributed by atoms with Gasteiger partial charge in [-0.05, 0) is 32.0 Å². The van der Waals surface area contributed by atoms with E-state index in [1.54, 1.807) is 0 Å². The van der Waals surface area contributed by atoms with Gasteiger partial charge in [0.2, 0.25) is 0 Å². The highest BCUT2D eigenvalue weighted by Crippen LogP contribution is 2.23. The number of hydrogen-bond donors (Lipinski definition) is 0. The summed E-state index contributed by atoms with van der Waals surface area (Å²) in [4.78, 5) is 2.39. The highest BCUT2D eigenvalue weighted by atomic mass is 79.9. The zero-order chi connectivity index (χ0) is 11.5. The first kappa shape index (κ1) is 12.1. The van der Waals surface area contributed by atoms with Crippen LogP contribution >= 0.6 is 15.9 Å². The van der Waals surface area contributed by atoms with Crippen molar-refractivity contribution in [2.75, 3.05) is 13.7 Å². The maximum absolute atomic E-state index is 5.60. The summed E-state index contributed by atoms with van der Waals surface area (Å²) in [6.07, 6.45) is 1.50. The Hall–Kier alpha value is -0.380. The van der Waals surface area contributed by atoms with E-state index < -0.39 is 0 Å². The van der Waals surface area contributed by atoms with E-state index in [9.17, 15) is 0 Å². The third-order valence-electron chi connectivity index (χ3n) is 3.28. The minimum atomic E-state index is 0.354. The van der Waals surface area contributed by atoms with Gasteiger partial charge in [0.25, 0.3) is 0 Å². The molecule has 1 fully saturated rings. The monoisotopic (exact) mass is 283 g/mol. The van der Waals surface area contributed by atoms with Crippen LogP contribution in [0.15, 0.2) is 28.7 Å². The third-order valence-corrected chi connectivity index (χ3v) is 4.05. The number of ether oxygens (including phenoxy) is 1. The summed E-state index contributed by atoms with van der Waals surface area (Å²) in [7, 11) is 2.18. The molecule has 1 aromatic carbocycles. The summed E-state index contributed by atoms with van der Waals surface area (Å²) in [5.74, 6) is 0. The standard InChI is InChI=1S/C13H18BrNO/c1-10-13(7-8-16-10)15(2)9-11-5-3-4-6-12(11)14/h3-6,10,13H,7-9H2,1-2H3. The van der Waals surface area contributed by atoms with E-state index in [1.807, 2.05) is 0 Å². The lowest BCUT2D eigenvalue weighted by Crippen LogP contribution is -2.36. The lowest BCUT2D eigenvalue weighted by atomic mass is 10.1. The van der Waals surface area contributed by atoms with E-state index in [-0.39, 0.29) is 0 Å². The minimum absolute atomic E-state index is 0.354. The van der Waals surface area contributed by atoms with Gasteiger partial charge in [-0.3, -0.25) is 4.90 Å². The molecule has 2 atom stereocenters. The highest BCUT2D eigenvalue weighted by molar-refractivity contribution is 9.10. The molecule has 1 aliphatic rings. The maximum Gasteiger partial charge on any atom is 0.0703 e. The van der Waals surface area contributed by atoms with Crippen molar-refractivity contribution in [3.8, 4) is 0 Å². The summed E-state index contributed by atoms with van der Waals surface area (Å²) in [6, 6.07) is 8.95. The summed E-state index contributed by atoms with van der Waals surface area (Å²) in [5, 5.41) is 0. The Kier molecular flexibility index (Phi) is 4.00. The number of nitrogens with zero attached hydrogens (tertiary/aromatic N) is 1. The van der Waals surface area contributed by atoms with Crippen LogP contribution in [0.1, 0.15) is 18.9 Å². The molecule has 1 aromatic rings. The van der Waals surface area contributed by atoms with Gasteiger partial charge in [-0.25, -0.2) is 0 Å². The van der Waals surface area contributed by atoms with E-state index >= 15 is 0 Å². The van der Waals surface area contributed by atoms with Gasteiger partial charge in [-0.1, -0.05) is 34.1 Å². The molecule has 0 aliphatic carbocycles. The van der Waals surface area contributed by atoms with E-state index in [1.165, 1.54) is 10.0 Å². The fraction of sp³-hybridized carbons (Fsp3) is 0.538. The lowest BCUT2D eigenvalue weighted by molar-refractivity contribution is 0.0814. The van der Waals surface area contributed by atoms with Gasteiger partial charge in [0.05, 0.1) is 6.10 Å². The van der Waals surface area contributed by atoms with Gasteiger partial charge in [-0.15, -0.1) is 0 Å². The quantitative estimate of drug-likeness (QED) is 0.846. The Labute approximate surface area is 106 Å². The Morgan fingerprint density at radius 2 is 2.19 bits per heavy atom. The molecule has 1 heterocycles. The van der Waals surface area contributed by atoms with Crippen molar-refractivity contribution in [1.82, 2.24) is 4.90 Å². The minimum Gasteiger partial charge on any atom is -0.377 e. The molecular weight excluding hydrogens is 266 g/mol. The number of rotatable bonds is 3. The molecule has 1 saturated heterocycles. The van der Waals surface area contributed by atoms with Crippen LogP contribution < -0.4 is 0 Å². The first-order valence-corrected chi connectivity index (χ1v) is 6.53. The van der Waals surface area contributed by atoms with Crippen molar-refractivity contribution < 1.29 is 4.74 Å². The van der Waals surface area contributed by atoms with Crippen molar-refractivity contribution in [2.45, 2.75) is 32.0 Å². The molecule has 88 valence electrons. The molecule has 2 nitrogen and oxygen atoms in total. The average Bonchev–Trinajstić information content (AvgIpc) is 2.68. The van der Waals surface area contributed by atoms with Gasteiger partial charge in [0.15, 0.2) is 0 Å². The summed E-state index contributed by atoms with van der Waals surface area (Å²) >= 11 is 3.59. The fourth-order valence-corrected chi connectivity index (χ4v) is 2.72. The van der Waals surface area contributed by atoms with Crippen LogP contribution in [0.2, 0.25) is 0 Å². The normalized spacial score (nSPS) is 25.2. The van der Waals surface area contributed by atoms with E-state index in [0.29, 0.717) is 12.1 Å². The Bertz CT molecular complexity index is 356. The SMILES string of the molecule is CC1OCCC1N(C)Cc1ccccc1Br. The molecule has 0 N–H and O–H groups in total. The summed E-state index contributed by atoms with van der Waals surface area (Å²) < 4.78 is 6.79. The van der Waals surface area contributed by atoms with Gasteiger partial charge in [-0.2, -0.15) is 0 Å². The second-order valence-corrected chi connectivity index (χ2v) is 5.29. The molecule has 0 amide bonds. The van der Waals surface area contributed by atoms with E-state index in [2.05, 4.69) is 59.1 Å². The lowest BCUT2D eigenvalue weighted by Gasteiger charge is -2.26. The second kappa shape index (κ2) is 5.30. The van der Waals surface area contributed by atoms with E-state index in [4.69, 9.17) is 4.74 Å². The first-order chi connectivity index (χ1) is 7.68. The number of benzene rings is 1. The Morgan fingerprint density at radius 3 is 2.81 bits per heavy atom.